The van der Waals surface area contributed by atoms with Gasteiger partial charge in [0.15, 0.2) is 11.6 Å². The van der Waals surface area contributed by atoms with Crippen LogP contribution in [0, 0.1) is 11.6 Å². The molecule has 2 aromatic rings. The third kappa shape index (κ3) is 4.60. The fourth-order valence-electron chi connectivity index (χ4n) is 1.61. The number of hydrogen-bond acceptors (Lipinski definition) is 5. The summed E-state index contributed by atoms with van der Waals surface area (Å²) in [6, 6.07) is 5.23. The topological polar surface area (TPSA) is 77.5 Å². The smallest absolute Gasteiger partial charge is 0.262 e. The first kappa shape index (κ1) is 17.1. The molecule has 0 aliphatic heterocycles. The lowest BCUT2D eigenvalue weighted by molar-refractivity contribution is 0.144. The summed E-state index contributed by atoms with van der Waals surface area (Å²) in [6.07, 6.45) is 1.25. The molecule has 23 heavy (non-hydrogen) atoms. The van der Waals surface area contributed by atoms with E-state index >= 15 is 0 Å². The molecule has 1 N–H and O–H groups in total. The Morgan fingerprint density at radius 3 is 2.52 bits per heavy atom. The van der Waals surface area contributed by atoms with Crippen LogP contribution in [-0.4, -0.2) is 33.7 Å². The molecule has 1 aromatic carbocycles. The van der Waals surface area contributed by atoms with Gasteiger partial charge in [0, 0.05) is 13.2 Å². The zero-order valence-electron chi connectivity index (χ0n) is 12.1. The van der Waals surface area contributed by atoms with Gasteiger partial charge in [-0.3, -0.25) is 4.72 Å². The summed E-state index contributed by atoms with van der Waals surface area (Å²) in [5, 5.41) is 0. The third-order valence-electron chi connectivity index (χ3n) is 2.73. The van der Waals surface area contributed by atoms with Gasteiger partial charge >= 0.3 is 0 Å². The predicted octanol–water partition coefficient (Wildman–Crippen LogP) is 2.19. The van der Waals surface area contributed by atoms with Crippen molar-refractivity contribution in [1.82, 2.24) is 4.98 Å². The lowest BCUT2D eigenvalue weighted by Crippen LogP contribution is -2.13. The first-order valence-corrected chi connectivity index (χ1v) is 7.96. The molecule has 2 rings (SSSR count). The van der Waals surface area contributed by atoms with Crippen LogP contribution in [0.4, 0.5) is 14.5 Å². The lowest BCUT2D eigenvalue weighted by Gasteiger charge is -2.09. The van der Waals surface area contributed by atoms with E-state index in [1.807, 2.05) is 0 Å². The van der Waals surface area contributed by atoms with Crippen molar-refractivity contribution in [1.29, 1.82) is 0 Å². The minimum atomic E-state index is -4.04. The first-order chi connectivity index (χ1) is 10.9. The highest BCUT2D eigenvalue weighted by Gasteiger charge is 2.16. The largest absolute Gasteiger partial charge is 0.475 e. The molecule has 0 unspecified atom stereocenters. The molecule has 0 aliphatic carbocycles. The van der Waals surface area contributed by atoms with Gasteiger partial charge in [-0.15, -0.1) is 0 Å². The van der Waals surface area contributed by atoms with Crippen molar-refractivity contribution in [2.24, 2.45) is 0 Å². The average molecular weight is 344 g/mol. The van der Waals surface area contributed by atoms with Crippen molar-refractivity contribution in [3.8, 4) is 5.88 Å². The van der Waals surface area contributed by atoms with Crippen molar-refractivity contribution in [3.63, 3.8) is 0 Å². The van der Waals surface area contributed by atoms with E-state index in [-0.39, 0.29) is 5.69 Å². The van der Waals surface area contributed by atoms with Crippen LogP contribution in [0.3, 0.4) is 0 Å². The molecule has 1 aromatic heterocycles. The Morgan fingerprint density at radius 1 is 1.13 bits per heavy atom. The Morgan fingerprint density at radius 2 is 1.91 bits per heavy atom. The number of hydrogen-bond donors (Lipinski definition) is 1. The number of benzene rings is 1. The number of methoxy groups -OCH3 is 1. The van der Waals surface area contributed by atoms with Gasteiger partial charge in [-0.1, -0.05) is 0 Å². The number of pyridine rings is 1. The van der Waals surface area contributed by atoms with Crippen LogP contribution in [0.15, 0.2) is 41.4 Å². The maximum atomic E-state index is 13.1. The predicted molar refractivity (Wildman–Crippen MR) is 78.8 cm³/mol. The summed E-state index contributed by atoms with van der Waals surface area (Å²) in [4.78, 5) is 3.53. The average Bonchev–Trinajstić information content (AvgIpc) is 2.51. The quantitative estimate of drug-likeness (QED) is 0.779. The number of aromatic nitrogens is 1. The monoisotopic (exact) mass is 344 g/mol. The third-order valence-corrected chi connectivity index (χ3v) is 4.11. The number of ether oxygens (including phenoxy) is 2. The highest BCUT2D eigenvalue weighted by Crippen LogP contribution is 2.19. The molecule has 0 radical (unpaired) electrons. The van der Waals surface area contributed by atoms with Gasteiger partial charge in [0.1, 0.15) is 6.61 Å². The number of anilines is 1. The van der Waals surface area contributed by atoms with Crippen LogP contribution >= 0.6 is 0 Å². The number of sulfonamides is 1. The van der Waals surface area contributed by atoms with E-state index in [0.29, 0.717) is 25.2 Å². The van der Waals surface area contributed by atoms with Crippen molar-refractivity contribution < 1.29 is 26.7 Å². The molecule has 0 atom stereocenters. The summed E-state index contributed by atoms with van der Waals surface area (Å²) >= 11 is 0. The van der Waals surface area contributed by atoms with Crippen molar-refractivity contribution >= 4 is 15.7 Å². The maximum Gasteiger partial charge on any atom is 0.262 e. The minimum absolute atomic E-state index is 0.161. The molecule has 9 heteroatoms. The van der Waals surface area contributed by atoms with Gasteiger partial charge in [0.25, 0.3) is 10.0 Å². The van der Waals surface area contributed by atoms with Gasteiger partial charge in [0.05, 0.1) is 23.4 Å². The summed E-state index contributed by atoms with van der Waals surface area (Å²) in [7, 11) is -2.51. The van der Waals surface area contributed by atoms with E-state index in [9.17, 15) is 17.2 Å². The molecule has 1 heterocycles. The fraction of sp³-hybridized carbons (Fsp3) is 0.214. The Balaban J connectivity index is 2.09. The Kier molecular flexibility index (Phi) is 5.45. The SMILES string of the molecule is COCCOc1ccc(NS(=O)(=O)c2ccc(F)c(F)c2)cn1. The lowest BCUT2D eigenvalue weighted by atomic mass is 10.3. The number of halogens is 2. The minimum Gasteiger partial charge on any atom is -0.475 e. The van der Waals surface area contributed by atoms with Crippen molar-refractivity contribution in [3.05, 3.63) is 48.2 Å². The Labute approximate surface area is 132 Å². The molecule has 0 fully saturated rings. The van der Waals surface area contributed by atoms with Gasteiger partial charge in [-0.25, -0.2) is 22.2 Å². The van der Waals surface area contributed by atoms with Crippen LogP contribution in [-0.2, 0) is 14.8 Å². The highest BCUT2D eigenvalue weighted by atomic mass is 32.2. The van der Waals surface area contributed by atoms with Crippen molar-refractivity contribution in [2.75, 3.05) is 25.0 Å². The summed E-state index contributed by atoms with van der Waals surface area (Å²) in [5.74, 6) is -2.06. The second-order valence-electron chi connectivity index (χ2n) is 4.41. The first-order valence-electron chi connectivity index (χ1n) is 6.48. The molecule has 0 spiro atoms. The molecule has 0 aliphatic rings. The van der Waals surface area contributed by atoms with Crippen LogP contribution in [0.25, 0.3) is 0 Å². The molecule has 0 bridgehead atoms. The van der Waals surface area contributed by atoms with Gasteiger partial charge in [-0.2, -0.15) is 0 Å². The summed E-state index contributed by atoms with van der Waals surface area (Å²) in [5.41, 5.74) is 0.161. The second-order valence-corrected chi connectivity index (χ2v) is 6.09. The fourth-order valence-corrected chi connectivity index (χ4v) is 2.67. The van der Waals surface area contributed by atoms with E-state index < -0.39 is 26.6 Å². The normalized spacial score (nSPS) is 11.3. The highest BCUT2D eigenvalue weighted by molar-refractivity contribution is 7.92. The molecule has 124 valence electrons. The van der Waals surface area contributed by atoms with Crippen LogP contribution < -0.4 is 9.46 Å². The van der Waals surface area contributed by atoms with E-state index in [1.165, 1.54) is 25.4 Å². The zero-order chi connectivity index (χ0) is 16.9. The number of nitrogens with zero attached hydrogens (tertiary/aromatic N) is 1. The van der Waals surface area contributed by atoms with Gasteiger partial charge < -0.3 is 9.47 Å². The van der Waals surface area contributed by atoms with E-state index in [1.54, 1.807) is 0 Å². The molecular formula is C14H14F2N2O4S. The molecule has 6 nitrogen and oxygen atoms in total. The molecular weight excluding hydrogens is 330 g/mol. The maximum absolute atomic E-state index is 13.1. The van der Waals surface area contributed by atoms with Crippen molar-refractivity contribution in [2.45, 2.75) is 4.90 Å². The zero-order valence-corrected chi connectivity index (χ0v) is 12.9. The number of rotatable bonds is 7. The van der Waals surface area contributed by atoms with Crippen LogP contribution in [0.2, 0.25) is 0 Å². The molecule has 0 saturated carbocycles. The van der Waals surface area contributed by atoms with Crippen LogP contribution in [0.1, 0.15) is 0 Å². The van der Waals surface area contributed by atoms with E-state index in [0.717, 1.165) is 12.1 Å². The van der Waals surface area contributed by atoms with Gasteiger partial charge in [-0.05, 0) is 24.3 Å². The van der Waals surface area contributed by atoms with E-state index in [2.05, 4.69) is 9.71 Å². The Hall–Kier alpha value is -2.26. The standard InChI is InChI=1S/C14H14F2N2O4S/c1-21-6-7-22-14-5-2-10(9-17-14)18-23(19,20)11-3-4-12(15)13(16)8-11/h2-5,8-9,18H,6-7H2,1H3. The molecule has 0 saturated heterocycles. The number of nitrogens with one attached hydrogen (secondary N) is 1. The summed E-state index contributed by atoms with van der Waals surface area (Å²) < 4.78 is 62.5. The van der Waals surface area contributed by atoms with E-state index in [4.69, 9.17) is 9.47 Å². The molecule has 0 amide bonds. The Bertz CT molecular complexity index is 767. The van der Waals surface area contributed by atoms with Crippen LogP contribution in [0.5, 0.6) is 5.88 Å². The summed E-state index contributed by atoms with van der Waals surface area (Å²) in [6.45, 7) is 0.704. The second kappa shape index (κ2) is 7.34. The van der Waals surface area contributed by atoms with Gasteiger partial charge in [0.2, 0.25) is 5.88 Å².